The quantitative estimate of drug-likeness (QED) is 0.558. The minimum Gasteiger partial charge on any atom is -0.396 e. The molecule has 1 aromatic heterocycles. The molecule has 0 radical (unpaired) electrons. The molecule has 1 heterocycles. The summed E-state index contributed by atoms with van der Waals surface area (Å²) in [6.07, 6.45) is 2.61. The molecule has 3 rings (SSSR count). The average molecular weight is 474 g/mol. The second-order valence-electron chi connectivity index (χ2n) is 9.51. The molecule has 5 atom stereocenters. The second-order valence-corrected chi connectivity index (χ2v) is 12.3. The van der Waals surface area contributed by atoms with Crippen molar-refractivity contribution in [1.29, 1.82) is 0 Å². The zero-order valence-electron chi connectivity index (χ0n) is 19.0. The summed E-state index contributed by atoms with van der Waals surface area (Å²) < 4.78 is 26.0. The molecule has 1 fully saturated rings. The molecule has 0 saturated heterocycles. The average Bonchev–Trinajstić information content (AvgIpc) is 3.07. The van der Waals surface area contributed by atoms with Crippen LogP contribution in [-0.4, -0.2) is 66.5 Å². The number of rotatable bonds is 7. The third kappa shape index (κ3) is 4.36. The molecule has 1 saturated carbocycles. The molecular weight excluding hydrogens is 438 g/mol. The number of hydrogen-bond donors (Lipinski definition) is 3. The van der Waals surface area contributed by atoms with Crippen molar-refractivity contribution >= 4 is 32.4 Å². The van der Waals surface area contributed by atoms with Crippen molar-refractivity contribution in [2.75, 3.05) is 30.7 Å². The lowest BCUT2D eigenvalue weighted by molar-refractivity contribution is -0.147. The molecule has 2 aliphatic carbocycles. The van der Waals surface area contributed by atoms with Crippen LogP contribution in [0.5, 0.6) is 0 Å². The summed E-state index contributed by atoms with van der Waals surface area (Å²) >= 11 is 1.29. The predicted molar refractivity (Wildman–Crippen MR) is 122 cm³/mol. The third-order valence-electron chi connectivity index (χ3n) is 7.66. The molecule has 31 heavy (non-hydrogen) atoms. The van der Waals surface area contributed by atoms with Crippen molar-refractivity contribution in [3.63, 3.8) is 0 Å². The Morgan fingerprint density at radius 3 is 2.52 bits per heavy atom. The molecule has 2 aliphatic rings. The number of fused-ring (bicyclic) bond motifs is 2. The molecule has 8 nitrogen and oxygen atoms in total. The third-order valence-corrected chi connectivity index (χ3v) is 9.36. The Kier molecular flexibility index (Phi) is 6.78. The number of carbonyl (C=O) groups excluding carboxylic acids is 1. The van der Waals surface area contributed by atoms with E-state index in [1.807, 2.05) is 20.8 Å². The van der Waals surface area contributed by atoms with Crippen molar-refractivity contribution in [3.05, 3.63) is 10.6 Å². The predicted octanol–water partition coefficient (Wildman–Crippen LogP) is 2.19. The van der Waals surface area contributed by atoms with Gasteiger partial charge in [-0.25, -0.2) is 13.4 Å². The lowest BCUT2D eigenvalue weighted by atomic mass is 9.47. The van der Waals surface area contributed by atoms with Gasteiger partial charge in [-0.15, -0.1) is 11.3 Å². The molecule has 1 aromatic rings. The van der Waals surface area contributed by atoms with E-state index >= 15 is 0 Å². The Balaban J connectivity index is 2.10. The van der Waals surface area contributed by atoms with Crippen molar-refractivity contribution in [3.8, 4) is 0 Å². The molecule has 0 spiro atoms. The number of nitrogens with one attached hydrogen (secondary N) is 1. The van der Waals surface area contributed by atoms with Gasteiger partial charge in [-0.3, -0.25) is 9.52 Å². The van der Waals surface area contributed by atoms with Crippen LogP contribution in [0.1, 0.15) is 63.4 Å². The van der Waals surface area contributed by atoms with E-state index in [9.17, 15) is 23.4 Å². The van der Waals surface area contributed by atoms with Crippen LogP contribution in [0.2, 0.25) is 0 Å². The largest absolute Gasteiger partial charge is 0.396 e. The lowest BCUT2D eigenvalue weighted by Gasteiger charge is -2.58. The maximum Gasteiger partial charge on any atom is 0.231 e. The van der Waals surface area contributed by atoms with Crippen LogP contribution in [0, 0.1) is 16.7 Å². The van der Waals surface area contributed by atoms with Gasteiger partial charge in [-0.2, -0.15) is 0 Å². The zero-order valence-corrected chi connectivity index (χ0v) is 20.6. The van der Waals surface area contributed by atoms with Crippen LogP contribution >= 0.6 is 11.3 Å². The highest BCUT2D eigenvalue weighted by atomic mass is 32.2. The van der Waals surface area contributed by atoms with Gasteiger partial charge < -0.3 is 15.1 Å². The SMILES string of the molecule is CCN(CC)C(=O)CC1c2nc(NS(C)(=O)=O)sc2CC2C(C)(CO)C(O)CCC12C. The van der Waals surface area contributed by atoms with E-state index in [0.717, 1.165) is 23.2 Å². The van der Waals surface area contributed by atoms with E-state index in [1.165, 1.54) is 11.3 Å². The molecule has 1 amide bonds. The van der Waals surface area contributed by atoms with Crippen LogP contribution in [0.3, 0.4) is 0 Å². The van der Waals surface area contributed by atoms with E-state index in [0.29, 0.717) is 31.1 Å². The molecule has 0 aromatic carbocycles. The van der Waals surface area contributed by atoms with Crippen LogP contribution in [0.4, 0.5) is 5.13 Å². The number of thiazole rings is 1. The normalized spacial score (nSPS) is 32.8. The molecule has 0 aliphatic heterocycles. The van der Waals surface area contributed by atoms with Gasteiger partial charge in [0, 0.05) is 35.7 Å². The van der Waals surface area contributed by atoms with E-state index in [-0.39, 0.29) is 36.2 Å². The van der Waals surface area contributed by atoms with Gasteiger partial charge in [-0.1, -0.05) is 13.8 Å². The second kappa shape index (κ2) is 8.61. The van der Waals surface area contributed by atoms with E-state index in [2.05, 4.69) is 16.6 Å². The van der Waals surface area contributed by atoms with Crippen LogP contribution in [-0.2, 0) is 21.2 Å². The summed E-state index contributed by atoms with van der Waals surface area (Å²) in [7, 11) is -3.47. The molecule has 3 N–H and O–H groups in total. The van der Waals surface area contributed by atoms with E-state index in [4.69, 9.17) is 0 Å². The highest BCUT2D eigenvalue weighted by molar-refractivity contribution is 7.92. The van der Waals surface area contributed by atoms with Crippen LogP contribution in [0.15, 0.2) is 0 Å². The van der Waals surface area contributed by atoms with Crippen molar-refractivity contribution in [2.45, 2.75) is 65.4 Å². The number of amides is 1. The molecular formula is C21H35N3O5S2. The number of hydrogen-bond acceptors (Lipinski definition) is 7. The fourth-order valence-corrected chi connectivity index (χ4v) is 7.63. The van der Waals surface area contributed by atoms with Gasteiger partial charge in [0.05, 0.1) is 24.7 Å². The van der Waals surface area contributed by atoms with Gasteiger partial charge in [0.2, 0.25) is 15.9 Å². The monoisotopic (exact) mass is 473 g/mol. The minimum atomic E-state index is -3.47. The smallest absolute Gasteiger partial charge is 0.231 e. The zero-order chi connectivity index (χ0) is 23.2. The highest BCUT2D eigenvalue weighted by Crippen LogP contribution is 2.62. The number of anilines is 1. The van der Waals surface area contributed by atoms with Gasteiger partial charge >= 0.3 is 0 Å². The molecule has 0 bridgehead atoms. The summed E-state index contributed by atoms with van der Waals surface area (Å²) in [5.41, 5.74) is -0.259. The summed E-state index contributed by atoms with van der Waals surface area (Å²) in [5, 5.41) is 21.4. The summed E-state index contributed by atoms with van der Waals surface area (Å²) in [5.74, 6) is -0.216. The summed E-state index contributed by atoms with van der Waals surface area (Å²) in [4.78, 5) is 20.5. The molecule has 10 heteroatoms. The number of carbonyl (C=O) groups is 1. The number of sulfonamides is 1. The topological polar surface area (TPSA) is 120 Å². The first-order chi connectivity index (χ1) is 14.4. The molecule has 5 unspecified atom stereocenters. The van der Waals surface area contributed by atoms with E-state index < -0.39 is 21.5 Å². The highest BCUT2D eigenvalue weighted by Gasteiger charge is 2.59. The van der Waals surface area contributed by atoms with Crippen molar-refractivity contribution in [2.24, 2.45) is 16.7 Å². The Hall–Kier alpha value is -1.23. The summed E-state index contributed by atoms with van der Waals surface area (Å²) in [6, 6.07) is 0. The number of nitrogens with zero attached hydrogens (tertiary/aromatic N) is 2. The molecule has 176 valence electrons. The van der Waals surface area contributed by atoms with Crippen molar-refractivity contribution < 1.29 is 23.4 Å². The maximum atomic E-state index is 13.1. The maximum absolute atomic E-state index is 13.1. The van der Waals surface area contributed by atoms with E-state index in [1.54, 1.807) is 4.90 Å². The first kappa shape index (κ1) is 24.4. The fourth-order valence-electron chi connectivity index (χ4n) is 5.73. The lowest BCUT2D eigenvalue weighted by Crippen LogP contribution is -2.57. The van der Waals surface area contributed by atoms with Crippen LogP contribution < -0.4 is 4.72 Å². The standard InChI is InChI=1S/C21H35N3O5S2/c1-6-24(7-2)17(27)10-13-18-14(30-19(22-18)23-31(5,28)29)11-15-20(13,3)9-8-16(26)21(15,4)12-25/h13,15-16,25-26H,6-12H2,1-5H3,(H,22,23). The Morgan fingerprint density at radius 2 is 1.97 bits per heavy atom. The summed E-state index contributed by atoms with van der Waals surface area (Å²) in [6.45, 7) is 9.08. The minimum absolute atomic E-state index is 0.0465. The van der Waals surface area contributed by atoms with Gasteiger partial charge in [0.15, 0.2) is 5.13 Å². The Morgan fingerprint density at radius 1 is 1.32 bits per heavy atom. The number of aliphatic hydroxyl groups excluding tert-OH is 2. The van der Waals surface area contributed by atoms with Gasteiger partial charge in [0.1, 0.15) is 0 Å². The Labute approximate surface area is 189 Å². The fraction of sp³-hybridized carbons (Fsp3) is 0.810. The van der Waals surface area contributed by atoms with Crippen molar-refractivity contribution in [1.82, 2.24) is 9.88 Å². The van der Waals surface area contributed by atoms with Crippen LogP contribution in [0.25, 0.3) is 0 Å². The number of aliphatic hydroxyl groups is 2. The first-order valence-corrected chi connectivity index (χ1v) is 13.6. The number of aromatic nitrogens is 1. The Bertz CT molecular complexity index is 929. The van der Waals surface area contributed by atoms with Gasteiger partial charge in [-0.05, 0) is 44.4 Å². The first-order valence-electron chi connectivity index (χ1n) is 10.9. The van der Waals surface area contributed by atoms with Gasteiger partial charge in [0.25, 0.3) is 0 Å².